The van der Waals surface area contributed by atoms with E-state index in [-0.39, 0.29) is 23.0 Å². The molecule has 0 saturated heterocycles. The van der Waals surface area contributed by atoms with Gasteiger partial charge in [-0.15, -0.1) is 0 Å². The van der Waals surface area contributed by atoms with E-state index in [9.17, 15) is 9.59 Å². The summed E-state index contributed by atoms with van der Waals surface area (Å²) in [5.41, 5.74) is 0.906. The third-order valence-corrected chi connectivity index (χ3v) is 5.34. The van der Waals surface area contributed by atoms with Crippen molar-refractivity contribution in [2.45, 2.75) is 43.9 Å². The van der Waals surface area contributed by atoms with E-state index in [4.69, 9.17) is 0 Å². The quantitative estimate of drug-likeness (QED) is 0.812. The molecule has 0 bridgehead atoms. The molecule has 1 amide bonds. The first kappa shape index (κ1) is 14.6. The van der Waals surface area contributed by atoms with E-state index in [1.807, 2.05) is 0 Å². The third-order valence-electron chi connectivity index (χ3n) is 4.14. The lowest BCUT2D eigenvalue weighted by Crippen LogP contribution is -2.33. The number of amides is 1. The number of aliphatic imine (C=N–C) groups is 1. The van der Waals surface area contributed by atoms with Crippen LogP contribution < -0.4 is 5.32 Å². The van der Waals surface area contributed by atoms with Crippen molar-refractivity contribution >= 4 is 29.2 Å². The number of rotatable bonds is 4. The lowest BCUT2D eigenvalue weighted by molar-refractivity contribution is -0.125. The van der Waals surface area contributed by atoms with Gasteiger partial charge in [0.25, 0.3) is 0 Å². The Labute approximate surface area is 129 Å². The van der Waals surface area contributed by atoms with Crippen molar-refractivity contribution in [3.05, 3.63) is 23.1 Å². The summed E-state index contributed by atoms with van der Waals surface area (Å²) in [5, 5.41) is 3.16. The number of hydrogen-bond donors (Lipinski definition) is 1. The zero-order valence-electron chi connectivity index (χ0n) is 12.0. The van der Waals surface area contributed by atoms with Crippen LogP contribution >= 0.6 is 11.8 Å². The maximum Gasteiger partial charge on any atom is 0.223 e. The van der Waals surface area contributed by atoms with E-state index >= 15 is 0 Å². The monoisotopic (exact) mass is 304 g/mol. The summed E-state index contributed by atoms with van der Waals surface area (Å²) in [7, 11) is 0. The first-order valence-corrected chi connectivity index (χ1v) is 8.56. The highest BCUT2D eigenvalue weighted by molar-refractivity contribution is 8.05. The van der Waals surface area contributed by atoms with Crippen LogP contribution in [-0.4, -0.2) is 29.3 Å². The fourth-order valence-corrected chi connectivity index (χ4v) is 4.10. The van der Waals surface area contributed by atoms with Gasteiger partial charge >= 0.3 is 0 Å². The second-order valence-electron chi connectivity index (χ2n) is 5.75. The van der Waals surface area contributed by atoms with E-state index in [2.05, 4.69) is 10.3 Å². The molecule has 0 aromatic rings. The lowest BCUT2D eigenvalue weighted by atomic mass is 9.89. The number of carbonyl (C=O) groups is 2. The van der Waals surface area contributed by atoms with Crippen LogP contribution in [0.25, 0.3) is 0 Å². The molecular formula is C16H20N2O2S. The van der Waals surface area contributed by atoms with Gasteiger partial charge in [-0.05, 0) is 31.4 Å². The molecule has 4 nitrogen and oxygen atoms in total. The Morgan fingerprint density at radius 1 is 1.29 bits per heavy atom. The van der Waals surface area contributed by atoms with Crippen molar-refractivity contribution in [1.29, 1.82) is 0 Å². The fourth-order valence-electron chi connectivity index (χ4n) is 2.97. The molecule has 0 aromatic carbocycles. The van der Waals surface area contributed by atoms with Gasteiger partial charge in [-0.1, -0.05) is 31.0 Å². The predicted octanol–water partition coefficient (Wildman–Crippen LogP) is 2.61. The SMILES string of the molecule is O=C1C=CC2=NC(CCNC(=O)C3CCCCC3)SC2=C1. The Hall–Kier alpha value is -1.36. The van der Waals surface area contributed by atoms with Gasteiger partial charge in [-0.3, -0.25) is 14.6 Å². The Balaban J connectivity index is 1.43. The molecule has 0 radical (unpaired) electrons. The van der Waals surface area contributed by atoms with Crippen molar-refractivity contribution in [1.82, 2.24) is 5.32 Å². The summed E-state index contributed by atoms with van der Waals surface area (Å²) < 4.78 is 0. The fraction of sp³-hybridized carbons (Fsp3) is 0.562. The minimum Gasteiger partial charge on any atom is -0.356 e. The smallest absolute Gasteiger partial charge is 0.223 e. The van der Waals surface area contributed by atoms with Gasteiger partial charge in [0.15, 0.2) is 5.78 Å². The van der Waals surface area contributed by atoms with Crippen molar-refractivity contribution < 1.29 is 9.59 Å². The van der Waals surface area contributed by atoms with Crippen molar-refractivity contribution in [2.24, 2.45) is 10.9 Å². The van der Waals surface area contributed by atoms with Crippen LogP contribution in [0.3, 0.4) is 0 Å². The second-order valence-corrected chi connectivity index (χ2v) is 6.97. The molecule has 1 heterocycles. The molecular weight excluding hydrogens is 284 g/mol. The first-order valence-electron chi connectivity index (χ1n) is 7.68. The van der Waals surface area contributed by atoms with Crippen LogP contribution in [0, 0.1) is 5.92 Å². The number of allylic oxidation sites excluding steroid dienone is 4. The van der Waals surface area contributed by atoms with Crippen molar-refractivity contribution in [2.75, 3.05) is 6.54 Å². The van der Waals surface area contributed by atoms with Crippen LogP contribution in [-0.2, 0) is 9.59 Å². The summed E-state index contributed by atoms with van der Waals surface area (Å²) in [4.78, 5) is 28.9. The Kier molecular flexibility index (Phi) is 4.58. The van der Waals surface area contributed by atoms with Gasteiger partial charge in [0.05, 0.1) is 5.71 Å². The van der Waals surface area contributed by atoms with Gasteiger partial charge in [-0.25, -0.2) is 0 Å². The number of nitrogens with one attached hydrogen (secondary N) is 1. The molecule has 1 unspecified atom stereocenters. The Morgan fingerprint density at radius 3 is 2.90 bits per heavy atom. The first-order chi connectivity index (χ1) is 10.2. The van der Waals surface area contributed by atoms with Crippen LogP contribution in [0.15, 0.2) is 28.1 Å². The van der Waals surface area contributed by atoms with E-state index in [0.29, 0.717) is 6.54 Å². The zero-order valence-corrected chi connectivity index (χ0v) is 12.8. The van der Waals surface area contributed by atoms with E-state index < -0.39 is 0 Å². The number of thioether (sulfide) groups is 1. The average Bonchev–Trinajstić information content (AvgIpc) is 2.89. The minimum atomic E-state index is 0.0303. The number of ketones is 1. The molecule has 1 atom stereocenters. The molecule has 2 aliphatic carbocycles. The normalized spacial score (nSPS) is 25.3. The highest BCUT2D eigenvalue weighted by Crippen LogP contribution is 2.35. The lowest BCUT2D eigenvalue weighted by Gasteiger charge is -2.20. The molecule has 0 aromatic heterocycles. The van der Waals surface area contributed by atoms with Crippen LogP contribution in [0.2, 0.25) is 0 Å². The molecule has 112 valence electrons. The van der Waals surface area contributed by atoms with E-state index in [0.717, 1.165) is 29.9 Å². The summed E-state index contributed by atoms with van der Waals surface area (Å²) in [6, 6.07) is 0. The maximum atomic E-state index is 12.0. The summed E-state index contributed by atoms with van der Waals surface area (Å²) in [6.45, 7) is 0.661. The third kappa shape index (κ3) is 3.64. The van der Waals surface area contributed by atoms with Gasteiger partial charge in [0, 0.05) is 23.4 Å². The van der Waals surface area contributed by atoms with Crippen LogP contribution in [0.4, 0.5) is 0 Å². The summed E-state index contributed by atoms with van der Waals surface area (Å²) in [5.74, 6) is 0.451. The molecule has 1 aliphatic heterocycles. The zero-order chi connectivity index (χ0) is 14.7. The topological polar surface area (TPSA) is 58.5 Å². The number of fused-ring (bicyclic) bond motifs is 1. The minimum absolute atomic E-state index is 0.0303. The van der Waals surface area contributed by atoms with Crippen LogP contribution in [0.1, 0.15) is 38.5 Å². The summed E-state index contributed by atoms with van der Waals surface area (Å²) in [6.07, 6.45) is 11.5. The van der Waals surface area contributed by atoms with Crippen LogP contribution in [0.5, 0.6) is 0 Å². The second kappa shape index (κ2) is 6.60. The number of hydrogen-bond acceptors (Lipinski definition) is 4. The largest absolute Gasteiger partial charge is 0.356 e. The highest BCUT2D eigenvalue weighted by atomic mass is 32.2. The van der Waals surface area contributed by atoms with E-state index in [1.165, 1.54) is 19.3 Å². The number of carbonyl (C=O) groups excluding carboxylic acids is 2. The maximum absolute atomic E-state index is 12.0. The van der Waals surface area contributed by atoms with Gasteiger partial charge in [-0.2, -0.15) is 0 Å². The van der Waals surface area contributed by atoms with Gasteiger partial charge in [0.1, 0.15) is 5.37 Å². The highest BCUT2D eigenvalue weighted by Gasteiger charge is 2.25. The van der Waals surface area contributed by atoms with Gasteiger partial charge in [0.2, 0.25) is 5.91 Å². The van der Waals surface area contributed by atoms with Crippen molar-refractivity contribution in [3.63, 3.8) is 0 Å². The molecule has 0 spiro atoms. The number of nitrogens with zero attached hydrogens (tertiary/aromatic N) is 1. The Bertz CT molecular complexity index is 530. The Morgan fingerprint density at radius 2 is 2.10 bits per heavy atom. The molecule has 1 N–H and O–H groups in total. The summed E-state index contributed by atoms with van der Waals surface area (Å²) >= 11 is 1.62. The molecule has 21 heavy (non-hydrogen) atoms. The average molecular weight is 304 g/mol. The predicted molar refractivity (Wildman–Crippen MR) is 85.2 cm³/mol. The molecule has 1 fully saturated rings. The standard InChI is InChI=1S/C16H20N2O2S/c19-12-6-7-13-14(10-12)21-15(18-13)8-9-17-16(20)11-4-2-1-3-5-11/h6-7,10-11,15H,1-5,8-9H2,(H,17,20). The molecule has 3 aliphatic rings. The van der Waals surface area contributed by atoms with Crippen molar-refractivity contribution in [3.8, 4) is 0 Å². The van der Waals surface area contributed by atoms with Gasteiger partial charge < -0.3 is 5.32 Å². The molecule has 3 rings (SSSR count). The van der Waals surface area contributed by atoms with E-state index in [1.54, 1.807) is 30.0 Å². The molecule has 5 heteroatoms. The molecule has 1 saturated carbocycles.